The summed E-state index contributed by atoms with van der Waals surface area (Å²) in [6.07, 6.45) is -1.33. The average Bonchev–Trinajstić information content (AvgIpc) is 3.61. The maximum absolute atomic E-state index is 12.0. The van der Waals surface area contributed by atoms with E-state index >= 15 is 0 Å². The molecule has 3 atom stereocenters. The predicted octanol–water partition coefficient (Wildman–Crippen LogP) is -2.20. The lowest BCUT2D eigenvalue weighted by Crippen LogP contribution is -2.71. The van der Waals surface area contributed by atoms with Crippen molar-refractivity contribution in [2.24, 2.45) is 10.8 Å². The molecule has 0 bridgehead atoms. The zero-order valence-corrected chi connectivity index (χ0v) is 18.7. The second-order valence-corrected chi connectivity index (χ2v) is 9.45. The van der Waals surface area contributed by atoms with Crippen LogP contribution in [-0.2, 0) is 14.4 Å². The van der Waals surface area contributed by atoms with Crippen molar-refractivity contribution in [1.82, 2.24) is 14.7 Å². The molecular weight excluding hydrogens is 438 g/mol. The van der Waals surface area contributed by atoms with Gasteiger partial charge >= 0.3 is 17.9 Å². The quantitative estimate of drug-likeness (QED) is 0.126. The van der Waals surface area contributed by atoms with E-state index in [4.69, 9.17) is 0 Å². The Hall–Kier alpha value is -1.83. The van der Waals surface area contributed by atoms with Gasteiger partial charge in [-0.1, -0.05) is 0 Å². The van der Waals surface area contributed by atoms with Gasteiger partial charge in [0.1, 0.15) is 0 Å². The van der Waals surface area contributed by atoms with E-state index in [2.05, 4.69) is 0 Å². The van der Waals surface area contributed by atoms with Gasteiger partial charge in [0.2, 0.25) is 0 Å². The Labute approximate surface area is 192 Å². The Morgan fingerprint density at radius 1 is 0.636 bits per heavy atom. The van der Waals surface area contributed by atoms with E-state index < -0.39 is 85.9 Å². The van der Waals surface area contributed by atoms with Crippen LogP contribution >= 0.6 is 0 Å². The molecule has 3 heterocycles. The molecule has 0 aromatic heterocycles. The number of aliphatic hydroxyl groups is 3. The van der Waals surface area contributed by atoms with Crippen molar-refractivity contribution in [3.05, 3.63) is 0 Å². The smallest absolute Gasteiger partial charge is 0.304 e. The number of aliphatic carboxylic acids is 3. The highest BCUT2D eigenvalue weighted by atomic mass is 16.4. The van der Waals surface area contributed by atoms with Gasteiger partial charge in [-0.2, -0.15) is 0 Å². The average molecular weight is 474 g/mol. The molecule has 0 radical (unpaired) electrons. The van der Waals surface area contributed by atoms with Crippen LogP contribution < -0.4 is 0 Å². The number of nitrogens with zero attached hydrogens (tertiary/aromatic N) is 3. The van der Waals surface area contributed by atoms with Gasteiger partial charge in [-0.15, -0.1) is 0 Å². The molecule has 0 aliphatic carbocycles. The third kappa shape index (κ3) is 5.15. The van der Waals surface area contributed by atoms with E-state index in [1.54, 1.807) is 0 Å². The first-order chi connectivity index (χ1) is 15.7. The Kier molecular flexibility index (Phi) is 7.97. The normalized spacial score (nSPS) is 23.4. The van der Waals surface area contributed by atoms with Gasteiger partial charge in [0, 0.05) is 74.8 Å². The minimum Gasteiger partial charge on any atom is -0.481 e. The van der Waals surface area contributed by atoms with Crippen molar-refractivity contribution in [1.29, 1.82) is 0 Å². The van der Waals surface area contributed by atoms with Crippen LogP contribution in [0.25, 0.3) is 0 Å². The number of carbonyl (C=O) groups is 3. The molecule has 3 aliphatic heterocycles. The molecule has 3 unspecified atom stereocenters. The number of aliphatic hydroxyl groups excluding tert-OH is 3. The molecule has 3 aliphatic rings. The summed E-state index contributed by atoms with van der Waals surface area (Å²) >= 11 is 0. The predicted molar refractivity (Wildman–Crippen MR) is 114 cm³/mol. The van der Waals surface area contributed by atoms with Crippen LogP contribution in [0, 0.1) is 10.8 Å². The zero-order valence-electron chi connectivity index (χ0n) is 18.7. The summed E-state index contributed by atoms with van der Waals surface area (Å²) in [5.74, 6) is -3.40. The van der Waals surface area contributed by atoms with Crippen LogP contribution in [0.2, 0.25) is 0 Å². The first-order valence-electron chi connectivity index (χ1n) is 11.4. The van der Waals surface area contributed by atoms with Gasteiger partial charge in [0.15, 0.2) is 0 Å². The Balaban J connectivity index is 2.34. The molecular formula is C21H35N3O9. The maximum atomic E-state index is 12.0. The SMILES string of the molecule is O=C(O)CC(N1CC1)C(C(CC(=O)O)N1CC1)(C(CC(=O)O)N1CC1)C(CO)(CO)CCO. The van der Waals surface area contributed by atoms with Crippen LogP contribution in [-0.4, -0.2) is 140 Å². The Morgan fingerprint density at radius 3 is 1.12 bits per heavy atom. The minimum absolute atomic E-state index is 0.127. The molecule has 12 nitrogen and oxygen atoms in total. The van der Waals surface area contributed by atoms with Crippen molar-refractivity contribution in [2.45, 2.75) is 43.8 Å². The molecule has 188 valence electrons. The van der Waals surface area contributed by atoms with Gasteiger partial charge in [-0.3, -0.25) is 29.1 Å². The molecule has 3 saturated heterocycles. The molecule has 6 N–H and O–H groups in total. The number of rotatable bonds is 17. The van der Waals surface area contributed by atoms with E-state index in [-0.39, 0.29) is 6.42 Å². The van der Waals surface area contributed by atoms with Gasteiger partial charge in [-0.05, 0) is 6.42 Å². The topological polar surface area (TPSA) is 182 Å². The summed E-state index contributed by atoms with van der Waals surface area (Å²) in [4.78, 5) is 41.7. The van der Waals surface area contributed by atoms with E-state index in [0.29, 0.717) is 39.3 Å². The summed E-state index contributed by atoms with van der Waals surface area (Å²) in [5, 5.41) is 60.9. The minimum atomic E-state index is -1.52. The molecule has 0 saturated carbocycles. The molecule has 12 heteroatoms. The van der Waals surface area contributed by atoms with Crippen molar-refractivity contribution < 1.29 is 45.0 Å². The van der Waals surface area contributed by atoms with Gasteiger partial charge in [0.05, 0.1) is 32.5 Å². The van der Waals surface area contributed by atoms with Crippen LogP contribution in [0.15, 0.2) is 0 Å². The number of carboxylic acids is 3. The highest BCUT2D eigenvalue weighted by Crippen LogP contribution is 2.58. The Morgan fingerprint density at radius 2 is 0.939 bits per heavy atom. The first kappa shape index (κ1) is 25.8. The largest absolute Gasteiger partial charge is 0.481 e. The van der Waals surface area contributed by atoms with E-state index in [1.165, 1.54) is 0 Å². The highest BCUT2D eigenvalue weighted by molar-refractivity contribution is 5.70. The molecule has 33 heavy (non-hydrogen) atoms. The summed E-state index contributed by atoms with van der Waals surface area (Å²) in [6.45, 7) is 1.54. The first-order valence-corrected chi connectivity index (χ1v) is 11.4. The summed E-state index contributed by atoms with van der Waals surface area (Å²) < 4.78 is 0. The maximum Gasteiger partial charge on any atom is 0.304 e. The second-order valence-electron chi connectivity index (χ2n) is 9.45. The van der Waals surface area contributed by atoms with E-state index in [1.807, 2.05) is 14.7 Å². The van der Waals surface area contributed by atoms with Crippen molar-refractivity contribution >= 4 is 17.9 Å². The second kappa shape index (κ2) is 10.2. The fourth-order valence-electron chi connectivity index (χ4n) is 6.04. The highest BCUT2D eigenvalue weighted by Gasteiger charge is 2.69. The van der Waals surface area contributed by atoms with Gasteiger partial charge in [-0.25, -0.2) is 0 Å². The van der Waals surface area contributed by atoms with Crippen molar-refractivity contribution in [3.8, 4) is 0 Å². The summed E-state index contributed by atoms with van der Waals surface area (Å²) in [7, 11) is 0. The molecule has 0 aromatic carbocycles. The van der Waals surface area contributed by atoms with Crippen LogP contribution in [0.1, 0.15) is 25.7 Å². The molecule has 0 aromatic rings. The standard InChI is InChI=1S/C21H35N3O9/c25-8-1-20(12-26,13-27)21(14(9-17(28)29)22-2-3-22,15(10-18(30)31)23-4-5-23)16(11-19(32)33)24-6-7-24/h14-16,25-27H,1-13H2,(H,28,29)(H,30,31)(H,32,33). The van der Waals surface area contributed by atoms with E-state index in [9.17, 15) is 45.0 Å². The molecule has 3 fully saturated rings. The van der Waals surface area contributed by atoms with Crippen molar-refractivity contribution in [2.75, 3.05) is 59.1 Å². The van der Waals surface area contributed by atoms with Crippen LogP contribution in [0.3, 0.4) is 0 Å². The molecule has 0 spiro atoms. The molecule has 3 rings (SSSR count). The zero-order chi connectivity index (χ0) is 24.4. The van der Waals surface area contributed by atoms with Crippen LogP contribution in [0.4, 0.5) is 0 Å². The van der Waals surface area contributed by atoms with Crippen LogP contribution in [0.5, 0.6) is 0 Å². The third-order valence-electron chi connectivity index (χ3n) is 7.64. The van der Waals surface area contributed by atoms with Gasteiger partial charge < -0.3 is 30.6 Å². The lowest BCUT2D eigenvalue weighted by molar-refractivity contribution is -0.178. The number of hydrogen-bond donors (Lipinski definition) is 6. The lowest BCUT2D eigenvalue weighted by atomic mass is 9.49. The van der Waals surface area contributed by atoms with Crippen molar-refractivity contribution in [3.63, 3.8) is 0 Å². The fourth-order valence-corrected chi connectivity index (χ4v) is 6.04. The third-order valence-corrected chi connectivity index (χ3v) is 7.64. The monoisotopic (exact) mass is 473 g/mol. The lowest BCUT2D eigenvalue weighted by Gasteiger charge is -2.61. The fraction of sp³-hybridized carbons (Fsp3) is 0.857. The van der Waals surface area contributed by atoms with E-state index in [0.717, 1.165) is 0 Å². The summed E-state index contributed by atoms with van der Waals surface area (Å²) in [6, 6.07) is -2.51. The number of hydrogen-bond acceptors (Lipinski definition) is 9. The molecule has 0 amide bonds. The summed E-state index contributed by atoms with van der Waals surface area (Å²) in [5.41, 5.74) is -2.98. The Bertz CT molecular complexity index is 654. The number of carboxylic acid groups (broad SMARTS) is 3. The van der Waals surface area contributed by atoms with Gasteiger partial charge in [0.25, 0.3) is 0 Å².